The van der Waals surface area contributed by atoms with Crippen LogP contribution in [0.3, 0.4) is 0 Å². The highest BCUT2D eigenvalue weighted by atomic mass is 32.2. The minimum absolute atomic E-state index is 0.168. The monoisotopic (exact) mass is 299 g/mol. The molecule has 1 aliphatic heterocycles. The standard InChI is InChI=1S/C12H21N5O2S/c1-2-11(10-13)20(18,19)17-8-6-16(7-9-17)12-14-4-3-5-15-12/h3-5,11H,2,6-10,13H2,1H3. The summed E-state index contributed by atoms with van der Waals surface area (Å²) < 4.78 is 26.3. The van der Waals surface area contributed by atoms with Gasteiger partial charge in [0.1, 0.15) is 0 Å². The fourth-order valence-corrected chi connectivity index (χ4v) is 4.07. The van der Waals surface area contributed by atoms with Crippen LogP contribution in [0.4, 0.5) is 5.95 Å². The van der Waals surface area contributed by atoms with Gasteiger partial charge in [0.2, 0.25) is 16.0 Å². The van der Waals surface area contributed by atoms with E-state index in [1.165, 1.54) is 4.31 Å². The van der Waals surface area contributed by atoms with Crippen molar-refractivity contribution in [2.45, 2.75) is 18.6 Å². The van der Waals surface area contributed by atoms with E-state index in [0.717, 1.165) is 0 Å². The first kappa shape index (κ1) is 15.1. The lowest BCUT2D eigenvalue weighted by atomic mass is 10.3. The predicted molar refractivity (Wildman–Crippen MR) is 77.9 cm³/mol. The van der Waals surface area contributed by atoms with Gasteiger partial charge in [-0.05, 0) is 12.5 Å². The third-order valence-electron chi connectivity index (χ3n) is 3.57. The van der Waals surface area contributed by atoms with Crippen molar-refractivity contribution in [2.75, 3.05) is 37.6 Å². The number of hydrogen-bond acceptors (Lipinski definition) is 6. The minimum Gasteiger partial charge on any atom is -0.338 e. The van der Waals surface area contributed by atoms with Gasteiger partial charge in [-0.25, -0.2) is 18.4 Å². The summed E-state index contributed by atoms with van der Waals surface area (Å²) in [5.41, 5.74) is 5.56. The Labute approximate surface area is 119 Å². The maximum absolute atomic E-state index is 12.4. The zero-order valence-corrected chi connectivity index (χ0v) is 12.5. The maximum atomic E-state index is 12.4. The molecular formula is C12H21N5O2S. The van der Waals surface area contributed by atoms with E-state index in [4.69, 9.17) is 5.73 Å². The van der Waals surface area contributed by atoms with Gasteiger partial charge >= 0.3 is 0 Å². The summed E-state index contributed by atoms with van der Waals surface area (Å²) in [6.45, 7) is 4.13. The Bertz CT molecular complexity index is 510. The molecule has 2 heterocycles. The van der Waals surface area contributed by atoms with Crippen molar-refractivity contribution in [3.63, 3.8) is 0 Å². The number of rotatable bonds is 5. The molecule has 1 fully saturated rings. The lowest BCUT2D eigenvalue weighted by molar-refractivity contribution is 0.376. The predicted octanol–water partition coefficient (Wildman–Crippen LogP) is -0.334. The first-order chi connectivity index (χ1) is 9.59. The minimum atomic E-state index is -3.29. The Morgan fingerprint density at radius 2 is 1.85 bits per heavy atom. The highest BCUT2D eigenvalue weighted by Gasteiger charge is 2.32. The van der Waals surface area contributed by atoms with Crippen LogP contribution in [0.15, 0.2) is 18.5 Å². The fraction of sp³-hybridized carbons (Fsp3) is 0.667. The van der Waals surface area contributed by atoms with Crippen molar-refractivity contribution in [3.05, 3.63) is 18.5 Å². The van der Waals surface area contributed by atoms with Gasteiger partial charge < -0.3 is 10.6 Å². The molecule has 20 heavy (non-hydrogen) atoms. The molecule has 2 N–H and O–H groups in total. The van der Waals surface area contributed by atoms with E-state index in [1.807, 2.05) is 11.8 Å². The molecular weight excluding hydrogens is 278 g/mol. The second-order valence-electron chi connectivity index (χ2n) is 4.75. The average molecular weight is 299 g/mol. The molecule has 1 unspecified atom stereocenters. The van der Waals surface area contributed by atoms with Crippen molar-refractivity contribution in [2.24, 2.45) is 5.73 Å². The number of aromatic nitrogens is 2. The molecule has 1 aromatic rings. The van der Waals surface area contributed by atoms with E-state index in [2.05, 4.69) is 9.97 Å². The van der Waals surface area contributed by atoms with Gasteiger partial charge in [-0.15, -0.1) is 0 Å². The van der Waals surface area contributed by atoms with E-state index < -0.39 is 15.3 Å². The third-order valence-corrected chi connectivity index (χ3v) is 6.03. The van der Waals surface area contributed by atoms with Crippen molar-refractivity contribution < 1.29 is 8.42 Å². The Balaban J connectivity index is 2.01. The smallest absolute Gasteiger partial charge is 0.225 e. The molecule has 0 aliphatic carbocycles. The van der Waals surface area contributed by atoms with E-state index in [0.29, 0.717) is 38.5 Å². The summed E-state index contributed by atoms with van der Waals surface area (Å²) in [5, 5.41) is -0.484. The number of nitrogens with two attached hydrogens (primary N) is 1. The number of hydrogen-bond donors (Lipinski definition) is 1. The number of nitrogens with zero attached hydrogens (tertiary/aromatic N) is 4. The molecule has 0 saturated carbocycles. The van der Waals surface area contributed by atoms with Crippen LogP contribution < -0.4 is 10.6 Å². The molecule has 0 radical (unpaired) electrons. The van der Waals surface area contributed by atoms with Gasteiger partial charge in [-0.2, -0.15) is 4.31 Å². The summed E-state index contributed by atoms with van der Waals surface area (Å²) in [4.78, 5) is 10.4. The molecule has 7 nitrogen and oxygen atoms in total. The van der Waals surface area contributed by atoms with Crippen LogP contribution in [0.1, 0.15) is 13.3 Å². The molecule has 8 heteroatoms. The van der Waals surface area contributed by atoms with Gasteiger partial charge in [0.05, 0.1) is 5.25 Å². The van der Waals surface area contributed by atoms with Crippen molar-refractivity contribution in [1.82, 2.24) is 14.3 Å². The highest BCUT2D eigenvalue weighted by molar-refractivity contribution is 7.89. The number of anilines is 1. The Kier molecular flexibility index (Phi) is 4.90. The fourth-order valence-electron chi connectivity index (χ4n) is 2.31. The van der Waals surface area contributed by atoms with Crippen LogP contribution >= 0.6 is 0 Å². The molecule has 0 spiro atoms. The SMILES string of the molecule is CCC(CN)S(=O)(=O)N1CCN(c2ncccn2)CC1. The third kappa shape index (κ3) is 3.08. The number of sulfonamides is 1. The van der Waals surface area contributed by atoms with Gasteiger partial charge in [0, 0.05) is 45.1 Å². The van der Waals surface area contributed by atoms with Gasteiger partial charge in [-0.3, -0.25) is 0 Å². The second-order valence-corrected chi connectivity index (χ2v) is 6.96. The summed E-state index contributed by atoms with van der Waals surface area (Å²) >= 11 is 0. The zero-order chi connectivity index (χ0) is 14.6. The van der Waals surface area contributed by atoms with Crippen molar-refractivity contribution >= 4 is 16.0 Å². The van der Waals surface area contributed by atoms with E-state index in [-0.39, 0.29) is 6.54 Å². The molecule has 2 rings (SSSR count). The quantitative estimate of drug-likeness (QED) is 0.800. The van der Waals surface area contributed by atoms with Gasteiger partial charge in [-0.1, -0.05) is 6.92 Å². The molecule has 0 aromatic carbocycles. The normalized spacial score (nSPS) is 19.0. The lowest BCUT2D eigenvalue weighted by Gasteiger charge is -2.35. The topological polar surface area (TPSA) is 92.4 Å². The van der Waals surface area contributed by atoms with Crippen molar-refractivity contribution in [3.8, 4) is 0 Å². The zero-order valence-electron chi connectivity index (χ0n) is 11.6. The van der Waals surface area contributed by atoms with E-state index >= 15 is 0 Å². The molecule has 1 aliphatic rings. The molecule has 0 amide bonds. The molecule has 1 aromatic heterocycles. The average Bonchev–Trinajstić information content (AvgIpc) is 2.49. The Morgan fingerprint density at radius 3 is 2.35 bits per heavy atom. The molecule has 112 valence electrons. The Morgan fingerprint density at radius 1 is 1.25 bits per heavy atom. The summed E-state index contributed by atoms with van der Waals surface area (Å²) in [6, 6.07) is 1.76. The van der Waals surface area contributed by atoms with Gasteiger partial charge in [0.15, 0.2) is 0 Å². The molecule has 1 saturated heterocycles. The van der Waals surface area contributed by atoms with Crippen LogP contribution in [0.25, 0.3) is 0 Å². The van der Waals surface area contributed by atoms with Crippen LogP contribution in [-0.4, -0.2) is 60.7 Å². The van der Waals surface area contributed by atoms with Crippen LogP contribution in [0.2, 0.25) is 0 Å². The second kappa shape index (κ2) is 6.47. The van der Waals surface area contributed by atoms with E-state index in [9.17, 15) is 8.42 Å². The number of piperazine rings is 1. The van der Waals surface area contributed by atoms with Crippen LogP contribution in [0.5, 0.6) is 0 Å². The summed E-state index contributed by atoms with van der Waals surface area (Å²) in [5.74, 6) is 0.649. The molecule has 0 bridgehead atoms. The maximum Gasteiger partial charge on any atom is 0.225 e. The van der Waals surface area contributed by atoms with Crippen LogP contribution in [0, 0.1) is 0 Å². The first-order valence-electron chi connectivity index (χ1n) is 6.80. The van der Waals surface area contributed by atoms with E-state index in [1.54, 1.807) is 18.5 Å². The first-order valence-corrected chi connectivity index (χ1v) is 8.31. The lowest BCUT2D eigenvalue weighted by Crippen LogP contribution is -2.52. The Hall–Kier alpha value is -1.25. The molecule has 1 atom stereocenters. The largest absolute Gasteiger partial charge is 0.338 e. The van der Waals surface area contributed by atoms with Gasteiger partial charge in [0.25, 0.3) is 0 Å². The summed E-state index contributed by atoms with van der Waals surface area (Å²) in [6.07, 6.45) is 3.92. The van der Waals surface area contributed by atoms with Crippen molar-refractivity contribution in [1.29, 1.82) is 0 Å². The van der Waals surface area contributed by atoms with Crippen LogP contribution in [-0.2, 0) is 10.0 Å². The highest BCUT2D eigenvalue weighted by Crippen LogP contribution is 2.16. The summed E-state index contributed by atoms with van der Waals surface area (Å²) in [7, 11) is -3.29.